The van der Waals surface area contributed by atoms with Crippen LogP contribution in [0.5, 0.6) is 0 Å². The highest BCUT2D eigenvalue weighted by molar-refractivity contribution is 5.55. The van der Waals surface area contributed by atoms with Crippen molar-refractivity contribution in [2.24, 2.45) is 0 Å². The third kappa shape index (κ3) is 2.44. The van der Waals surface area contributed by atoms with E-state index in [0.29, 0.717) is 19.0 Å². The van der Waals surface area contributed by atoms with Crippen LogP contribution in [0.25, 0.3) is 11.3 Å². The minimum absolute atomic E-state index is 0.200. The SMILES string of the molecule is O[C@@H]1CCN(Cc2ncc(-c3ccccc3)o2)C1. The van der Waals surface area contributed by atoms with Gasteiger partial charge in [-0.2, -0.15) is 0 Å². The molecule has 1 N–H and O–H groups in total. The monoisotopic (exact) mass is 244 g/mol. The van der Waals surface area contributed by atoms with E-state index >= 15 is 0 Å². The number of aromatic nitrogens is 1. The van der Waals surface area contributed by atoms with E-state index in [9.17, 15) is 5.11 Å². The first-order chi connectivity index (χ1) is 8.81. The van der Waals surface area contributed by atoms with Crippen LogP contribution in [0.4, 0.5) is 0 Å². The van der Waals surface area contributed by atoms with Crippen molar-refractivity contribution < 1.29 is 9.52 Å². The predicted molar refractivity (Wildman–Crippen MR) is 67.8 cm³/mol. The number of aliphatic hydroxyl groups is 1. The summed E-state index contributed by atoms with van der Waals surface area (Å²) in [6.07, 6.45) is 2.40. The molecule has 1 aliphatic rings. The number of oxazole rings is 1. The summed E-state index contributed by atoms with van der Waals surface area (Å²) in [6.45, 7) is 2.29. The molecular formula is C14H16N2O2. The van der Waals surface area contributed by atoms with Gasteiger partial charge in [0.25, 0.3) is 0 Å². The molecule has 2 aromatic rings. The number of hydrogen-bond donors (Lipinski definition) is 1. The molecule has 18 heavy (non-hydrogen) atoms. The van der Waals surface area contributed by atoms with Crippen molar-refractivity contribution in [2.45, 2.75) is 19.1 Å². The van der Waals surface area contributed by atoms with E-state index in [0.717, 1.165) is 24.3 Å². The molecule has 1 saturated heterocycles. The van der Waals surface area contributed by atoms with Gasteiger partial charge in [0.2, 0.25) is 5.89 Å². The molecule has 0 spiro atoms. The van der Waals surface area contributed by atoms with Gasteiger partial charge in [0.05, 0.1) is 18.8 Å². The van der Waals surface area contributed by atoms with Gasteiger partial charge < -0.3 is 9.52 Å². The largest absolute Gasteiger partial charge is 0.439 e. The van der Waals surface area contributed by atoms with Gasteiger partial charge >= 0.3 is 0 Å². The van der Waals surface area contributed by atoms with Gasteiger partial charge in [-0.3, -0.25) is 4.90 Å². The maximum Gasteiger partial charge on any atom is 0.209 e. The minimum atomic E-state index is -0.200. The van der Waals surface area contributed by atoms with Gasteiger partial charge in [0, 0.05) is 18.7 Å². The highest BCUT2D eigenvalue weighted by Crippen LogP contribution is 2.21. The lowest BCUT2D eigenvalue weighted by Gasteiger charge is -2.11. The average Bonchev–Trinajstić information content (AvgIpc) is 3.01. The summed E-state index contributed by atoms with van der Waals surface area (Å²) in [5.41, 5.74) is 1.04. The van der Waals surface area contributed by atoms with Crippen LogP contribution in [0, 0.1) is 0 Å². The van der Waals surface area contributed by atoms with E-state index in [-0.39, 0.29) is 6.10 Å². The molecule has 0 saturated carbocycles. The number of rotatable bonds is 3. The van der Waals surface area contributed by atoms with E-state index in [1.165, 1.54) is 0 Å². The third-order valence-corrected chi connectivity index (χ3v) is 3.22. The van der Waals surface area contributed by atoms with E-state index in [4.69, 9.17) is 4.42 Å². The van der Waals surface area contributed by atoms with Crippen molar-refractivity contribution in [3.05, 3.63) is 42.4 Å². The molecule has 1 aliphatic heterocycles. The zero-order chi connectivity index (χ0) is 12.4. The Morgan fingerprint density at radius 2 is 2.17 bits per heavy atom. The van der Waals surface area contributed by atoms with Crippen LogP contribution in [-0.2, 0) is 6.54 Å². The number of aliphatic hydroxyl groups excluding tert-OH is 1. The zero-order valence-electron chi connectivity index (χ0n) is 10.1. The molecule has 1 aromatic carbocycles. The Kier molecular flexibility index (Phi) is 3.13. The second-order valence-electron chi connectivity index (χ2n) is 4.66. The van der Waals surface area contributed by atoms with E-state index in [1.54, 1.807) is 6.20 Å². The van der Waals surface area contributed by atoms with Gasteiger partial charge in [-0.25, -0.2) is 4.98 Å². The Morgan fingerprint density at radius 1 is 1.33 bits per heavy atom. The first kappa shape index (κ1) is 11.4. The fourth-order valence-electron chi connectivity index (χ4n) is 2.27. The van der Waals surface area contributed by atoms with Crippen molar-refractivity contribution >= 4 is 0 Å². The van der Waals surface area contributed by atoms with Crippen molar-refractivity contribution in [2.75, 3.05) is 13.1 Å². The number of β-amino-alcohol motifs (C(OH)–C–C–N with tert-alkyl or cyclic N) is 1. The number of likely N-dealkylation sites (tertiary alicyclic amines) is 1. The molecule has 1 fully saturated rings. The van der Waals surface area contributed by atoms with Crippen LogP contribution in [0.3, 0.4) is 0 Å². The van der Waals surface area contributed by atoms with Crippen LogP contribution in [0.1, 0.15) is 12.3 Å². The molecule has 4 nitrogen and oxygen atoms in total. The lowest BCUT2D eigenvalue weighted by atomic mass is 10.2. The number of hydrogen-bond acceptors (Lipinski definition) is 4. The minimum Gasteiger partial charge on any atom is -0.439 e. The number of nitrogens with zero attached hydrogens (tertiary/aromatic N) is 2. The molecule has 3 rings (SSSR count). The zero-order valence-corrected chi connectivity index (χ0v) is 10.1. The highest BCUT2D eigenvalue weighted by Gasteiger charge is 2.21. The molecule has 94 valence electrons. The molecule has 1 aromatic heterocycles. The molecule has 0 unspecified atom stereocenters. The maximum atomic E-state index is 9.47. The van der Waals surface area contributed by atoms with E-state index in [1.807, 2.05) is 30.3 Å². The summed E-state index contributed by atoms with van der Waals surface area (Å²) >= 11 is 0. The molecular weight excluding hydrogens is 228 g/mol. The Labute approximate surface area is 106 Å². The molecule has 0 radical (unpaired) electrons. The number of benzene rings is 1. The Hall–Kier alpha value is -1.65. The Morgan fingerprint density at radius 3 is 2.89 bits per heavy atom. The second-order valence-corrected chi connectivity index (χ2v) is 4.66. The topological polar surface area (TPSA) is 49.5 Å². The smallest absolute Gasteiger partial charge is 0.209 e. The fourth-order valence-corrected chi connectivity index (χ4v) is 2.27. The normalized spacial score (nSPS) is 20.4. The summed E-state index contributed by atoms with van der Waals surface area (Å²) < 4.78 is 5.73. The van der Waals surface area contributed by atoms with E-state index in [2.05, 4.69) is 9.88 Å². The first-order valence-electron chi connectivity index (χ1n) is 6.22. The van der Waals surface area contributed by atoms with Gasteiger partial charge in [0.1, 0.15) is 0 Å². The lowest BCUT2D eigenvalue weighted by Crippen LogP contribution is -2.21. The Balaban J connectivity index is 1.70. The summed E-state index contributed by atoms with van der Waals surface area (Å²) in [5, 5.41) is 9.47. The highest BCUT2D eigenvalue weighted by atomic mass is 16.4. The molecule has 0 bridgehead atoms. The van der Waals surface area contributed by atoms with Crippen LogP contribution >= 0.6 is 0 Å². The molecule has 1 atom stereocenters. The van der Waals surface area contributed by atoms with Crippen molar-refractivity contribution in [1.82, 2.24) is 9.88 Å². The molecule has 4 heteroatoms. The average molecular weight is 244 g/mol. The summed E-state index contributed by atoms with van der Waals surface area (Å²) in [7, 11) is 0. The van der Waals surface area contributed by atoms with Crippen molar-refractivity contribution in [1.29, 1.82) is 0 Å². The van der Waals surface area contributed by atoms with Crippen LogP contribution in [0.15, 0.2) is 40.9 Å². The van der Waals surface area contributed by atoms with E-state index < -0.39 is 0 Å². The molecule has 0 amide bonds. The van der Waals surface area contributed by atoms with Gasteiger partial charge in [-0.15, -0.1) is 0 Å². The third-order valence-electron chi connectivity index (χ3n) is 3.22. The van der Waals surface area contributed by atoms with Crippen LogP contribution < -0.4 is 0 Å². The van der Waals surface area contributed by atoms with Gasteiger partial charge in [-0.05, 0) is 6.42 Å². The quantitative estimate of drug-likeness (QED) is 0.896. The molecule has 0 aliphatic carbocycles. The Bertz CT molecular complexity index is 510. The van der Waals surface area contributed by atoms with Crippen LogP contribution in [0.2, 0.25) is 0 Å². The van der Waals surface area contributed by atoms with Gasteiger partial charge in [0.15, 0.2) is 5.76 Å². The summed E-state index contributed by atoms with van der Waals surface area (Å²) in [6, 6.07) is 9.95. The maximum absolute atomic E-state index is 9.47. The lowest BCUT2D eigenvalue weighted by molar-refractivity contribution is 0.171. The summed E-state index contributed by atoms with van der Waals surface area (Å²) in [4.78, 5) is 6.45. The van der Waals surface area contributed by atoms with Crippen molar-refractivity contribution in [3.8, 4) is 11.3 Å². The van der Waals surface area contributed by atoms with Gasteiger partial charge in [-0.1, -0.05) is 30.3 Å². The summed E-state index contributed by atoms with van der Waals surface area (Å²) in [5.74, 6) is 1.51. The van der Waals surface area contributed by atoms with Crippen LogP contribution in [-0.4, -0.2) is 34.2 Å². The second kappa shape index (κ2) is 4.92. The predicted octanol–water partition coefficient (Wildman–Crippen LogP) is 1.91. The van der Waals surface area contributed by atoms with Crippen molar-refractivity contribution in [3.63, 3.8) is 0 Å². The first-order valence-corrected chi connectivity index (χ1v) is 6.22. The molecule has 2 heterocycles. The standard InChI is InChI=1S/C14H16N2O2/c17-12-6-7-16(9-12)10-14-15-8-13(18-14)11-4-2-1-3-5-11/h1-5,8,12,17H,6-7,9-10H2/t12-/m1/s1. The fraction of sp³-hybridized carbons (Fsp3) is 0.357.